The van der Waals surface area contributed by atoms with Crippen LogP contribution in [0, 0.1) is 0 Å². The zero-order chi connectivity index (χ0) is 52.9. The minimum Gasteiger partial charge on any atom is -0.453 e. The first-order valence-electron chi connectivity index (χ1n) is 28.0. The first kappa shape index (κ1) is 44.5. The summed E-state index contributed by atoms with van der Waals surface area (Å²) in [5.74, 6) is 3.22. The van der Waals surface area contributed by atoms with Gasteiger partial charge in [0.15, 0.2) is 23.0 Å². The minimum absolute atomic E-state index is 0.0186. The van der Waals surface area contributed by atoms with E-state index in [0.717, 1.165) is 79.6 Å². The molecule has 0 radical (unpaired) electrons. The Balaban J connectivity index is 0.859. The number of hydrogen-bond donors (Lipinski definition) is 0. The highest BCUT2D eigenvalue weighted by atomic mass is 16.5. The molecule has 6 heterocycles. The predicted octanol–water partition coefficient (Wildman–Crippen LogP) is 14.9. The monoisotopic (exact) mass is 1030 g/mol. The van der Waals surface area contributed by atoms with Gasteiger partial charge in [-0.1, -0.05) is 176 Å². The summed E-state index contributed by atoms with van der Waals surface area (Å²) in [7, 11) is 0. The number of benzene rings is 12. The molecule has 0 aliphatic carbocycles. The van der Waals surface area contributed by atoms with Crippen molar-refractivity contribution in [3.8, 4) is 34.1 Å². The molecule has 6 aliphatic heterocycles. The third-order valence-electron chi connectivity index (χ3n) is 17.6. The van der Waals surface area contributed by atoms with Crippen molar-refractivity contribution in [2.75, 3.05) is 19.6 Å². The van der Waals surface area contributed by atoms with E-state index in [1.54, 1.807) is 0 Å². The van der Waals surface area contributed by atoms with Gasteiger partial charge in [-0.05, 0) is 158 Å². The van der Waals surface area contributed by atoms with Crippen molar-refractivity contribution in [1.29, 1.82) is 0 Å². The van der Waals surface area contributed by atoms with Crippen LogP contribution < -0.4 is 61.9 Å². The Morgan fingerprint density at radius 1 is 0.259 bits per heavy atom. The summed E-state index contributed by atoms with van der Waals surface area (Å²) >= 11 is 0. The van der Waals surface area contributed by atoms with Gasteiger partial charge in [0, 0.05) is 51.4 Å². The topological polar surface area (TPSA) is 31.4 Å². The van der Waals surface area contributed by atoms with Crippen molar-refractivity contribution in [1.82, 2.24) is 0 Å². The Hall–Kier alpha value is -10.4. The molecule has 1 unspecified atom stereocenters. The van der Waals surface area contributed by atoms with Gasteiger partial charge in [0.1, 0.15) is 0 Å². The number of ether oxygens (including phenoxy) is 2. The van der Waals surface area contributed by atoms with Crippen LogP contribution in [-0.2, 0) is 0 Å². The number of anilines is 12. The van der Waals surface area contributed by atoms with Crippen LogP contribution in [0.25, 0.3) is 11.1 Å². The fourth-order valence-electron chi connectivity index (χ4n) is 14.5. The molecule has 0 saturated heterocycles. The highest BCUT2D eigenvalue weighted by Gasteiger charge is 2.49. The van der Waals surface area contributed by atoms with E-state index in [2.05, 4.69) is 293 Å². The van der Waals surface area contributed by atoms with Crippen molar-refractivity contribution in [3.63, 3.8) is 0 Å². The SMILES string of the molecule is c1ccc(C(c2cccc(-c3cc4c5c(c3)B3c6cccc7c6N(c6ccccc6O7)c6cccc(c63)N5c3ccccc3O4)c2)c2cc3c4c(c2)N(c2ccccc2)c2ccccc2B4c2ccccc2N3c2ccccc2)cc1. The van der Waals surface area contributed by atoms with Crippen molar-refractivity contribution in [2.24, 2.45) is 0 Å². The van der Waals surface area contributed by atoms with Gasteiger partial charge in [0.2, 0.25) is 0 Å². The fourth-order valence-corrected chi connectivity index (χ4v) is 14.5. The number of hydrogen-bond acceptors (Lipinski definition) is 6. The maximum atomic E-state index is 7.12. The van der Waals surface area contributed by atoms with Crippen LogP contribution in [0.1, 0.15) is 22.6 Å². The van der Waals surface area contributed by atoms with Gasteiger partial charge < -0.3 is 29.1 Å². The molecule has 6 nitrogen and oxygen atoms in total. The van der Waals surface area contributed by atoms with Crippen molar-refractivity contribution >= 4 is 114 Å². The van der Waals surface area contributed by atoms with Crippen LogP contribution in [0.5, 0.6) is 23.0 Å². The van der Waals surface area contributed by atoms with E-state index in [4.69, 9.17) is 9.47 Å². The lowest BCUT2D eigenvalue weighted by Gasteiger charge is -2.47. The molecule has 1 atom stereocenters. The lowest BCUT2D eigenvalue weighted by atomic mass is 9.33. The maximum absolute atomic E-state index is 7.12. The van der Waals surface area contributed by atoms with Crippen LogP contribution in [0.3, 0.4) is 0 Å². The lowest BCUT2D eigenvalue weighted by molar-refractivity contribution is 0.477. The van der Waals surface area contributed by atoms with Gasteiger partial charge in [-0.15, -0.1) is 0 Å². The third kappa shape index (κ3) is 6.35. The van der Waals surface area contributed by atoms with Gasteiger partial charge in [0.05, 0.1) is 22.7 Å². The van der Waals surface area contributed by atoms with Crippen LogP contribution in [0.4, 0.5) is 68.2 Å². The second kappa shape index (κ2) is 17.0. The van der Waals surface area contributed by atoms with Gasteiger partial charge >= 0.3 is 0 Å². The highest BCUT2D eigenvalue weighted by Crippen LogP contribution is 2.57. The Kier molecular flexibility index (Phi) is 9.37. The van der Waals surface area contributed by atoms with Crippen molar-refractivity contribution in [2.45, 2.75) is 5.92 Å². The normalized spacial score (nSPS) is 14.2. The Morgan fingerprint density at radius 2 is 0.704 bits per heavy atom. The summed E-state index contributed by atoms with van der Waals surface area (Å²) in [4.78, 5) is 9.89. The highest BCUT2D eigenvalue weighted by molar-refractivity contribution is 7.01. The van der Waals surface area contributed by atoms with Crippen molar-refractivity contribution < 1.29 is 9.47 Å². The van der Waals surface area contributed by atoms with E-state index < -0.39 is 0 Å². The average molecular weight is 1030 g/mol. The summed E-state index contributed by atoms with van der Waals surface area (Å²) in [5, 5.41) is 0. The summed E-state index contributed by atoms with van der Waals surface area (Å²) in [5.41, 5.74) is 26.9. The second-order valence-corrected chi connectivity index (χ2v) is 21.9. The van der Waals surface area contributed by atoms with E-state index in [0.29, 0.717) is 0 Å². The molecule has 12 aromatic carbocycles. The third-order valence-corrected chi connectivity index (χ3v) is 17.6. The van der Waals surface area contributed by atoms with Gasteiger partial charge in [-0.25, -0.2) is 0 Å². The van der Waals surface area contributed by atoms with E-state index in [1.807, 2.05) is 0 Å². The molecular weight excluding hydrogens is 986 g/mol. The molecule has 8 heteroatoms. The first-order chi connectivity index (χ1) is 40.2. The van der Waals surface area contributed by atoms with E-state index in [-0.39, 0.29) is 19.3 Å². The smallest absolute Gasteiger partial charge is 0.252 e. The van der Waals surface area contributed by atoms with Crippen LogP contribution in [0.2, 0.25) is 0 Å². The molecule has 6 aliphatic rings. The number of nitrogens with zero attached hydrogens (tertiary/aromatic N) is 4. The fraction of sp³-hybridized carbons (Fsp3) is 0.0137. The molecule has 0 amide bonds. The summed E-state index contributed by atoms with van der Waals surface area (Å²) in [6.07, 6.45) is 0. The number of fused-ring (bicyclic) bond motifs is 12. The van der Waals surface area contributed by atoms with Gasteiger partial charge in [-0.3, -0.25) is 0 Å². The summed E-state index contributed by atoms with van der Waals surface area (Å²) < 4.78 is 13.9. The predicted molar refractivity (Wildman–Crippen MR) is 334 cm³/mol. The zero-order valence-corrected chi connectivity index (χ0v) is 43.8. The lowest BCUT2D eigenvalue weighted by Crippen LogP contribution is -2.61. The van der Waals surface area contributed by atoms with Crippen molar-refractivity contribution in [3.05, 3.63) is 290 Å². The Morgan fingerprint density at radius 3 is 1.33 bits per heavy atom. The molecule has 0 bridgehead atoms. The molecule has 0 aromatic heterocycles. The number of para-hydroxylation sites is 9. The average Bonchev–Trinajstić information content (AvgIpc) is 2.48. The standard InChI is InChI=1S/C73H46B2N4O2/c1-4-21-46(22-5-1)69(50-43-63-71-64(44-50)77(52-27-8-3-9-28-52)58-33-13-11-30-54(58)74(71)53-29-10-12-32-57(53)76(63)51-25-6-2-7-26-51)48-24-18-23-47(41-48)49-42-56-73-68(45-49)81-66-39-17-15-35-60(66)79(73)62-37-20-36-61-70(62)75(56)55-31-19-40-67-72(55)78(61)59-34-14-16-38-65(59)80-67/h1-45,69H. The van der Waals surface area contributed by atoms with E-state index in [1.165, 1.54) is 72.2 Å². The van der Waals surface area contributed by atoms with Gasteiger partial charge in [-0.2, -0.15) is 0 Å². The second-order valence-electron chi connectivity index (χ2n) is 21.9. The largest absolute Gasteiger partial charge is 0.453 e. The Bertz CT molecular complexity index is 4480. The molecule has 81 heavy (non-hydrogen) atoms. The molecule has 0 saturated carbocycles. The molecule has 12 aromatic rings. The maximum Gasteiger partial charge on any atom is 0.252 e. The van der Waals surface area contributed by atoms with E-state index in [9.17, 15) is 0 Å². The molecule has 0 N–H and O–H groups in total. The molecule has 376 valence electrons. The summed E-state index contributed by atoms with van der Waals surface area (Å²) in [6.45, 7) is -0.0907. The van der Waals surface area contributed by atoms with Crippen LogP contribution >= 0.6 is 0 Å². The minimum atomic E-state index is -0.150. The molecular formula is C73H46B2N4O2. The van der Waals surface area contributed by atoms with Crippen LogP contribution in [0.15, 0.2) is 273 Å². The zero-order valence-electron chi connectivity index (χ0n) is 43.8. The molecule has 18 rings (SSSR count). The first-order valence-corrected chi connectivity index (χ1v) is 28.0. The molecule has 0 fully saturated rings. The van der Waals surface area contributed by atoms with Crippen LogP contribution in [-0.4, -0.2) is 13.4 Å². The van der Waals surface area contributed by atoms with E-state index >= 15 is 0 Å². The molecule has 0 spiro atoms. The summed E-state index contributed by atoms with van der Waals surface area (Å²) in [6, 6.07) is 100. The quantitative estimate of drug-likeness (QED) is 0.122. The number of rotatable bonds is 6. The Labute approximate surface area is 470 Å². The van der Waals surface area contributed by atoms with Gasteiger partial charge in [0.25, 0.3) is 13.4 Å².